The number of hydrogen-bond donors (Lipinski definition) is 1. The van der Waals surface area contributed by atoms with E-state index in [1.165, 1.54) is 0 Å². The van der Waals surface area contributed by atoms with Crippen molar-refractivity contribution in [3.05, 3.63) is 59.4 Å². The van der Waals surface area contributed by atoms with Crippen molar-refractivity contribution in [2.24, 2.45) is 0 Å². The summed E-state index contributed by atoms with van der Waals surface area (Å²) in [6, 6.07) is 13.4. The summed E-state index contributed by atoms with van der Waals surface area (Å²) in [5.41, 5.74) is 1.68. The highest BCUT2D eigenvalue weighted by Crippen LogP contribution is 2.15. The van der Waals surface area contributed by atoms with Crippen molar-refractivity contribution in [1.82, 2.24) is 4.98 Å². The fourth-order valence-electron chi connectivity index (χ4n) is 1.28. The van der Waals surface area contributed by atoms with Crippen molar-refractivity contribution >= 4 is 34.5 Å². The van der Waals surface area contributed by atoms with Crippen molar-refractivity contribution in [2.45, 2.75) is 0 Å². The van der Waals surface area contributed by atoms with E-state index in [2.05, 4.69) is 10.3 Å². The number of anilines is 1. The van der Waals surface area contributed by atoms with Crippen molar-refractivity contribution in [3.63, 3.8) is 0 Å². The van der Waals surface area contributed by atoms with E-state index in [-0.39, 0.29) is 0 Å². The Hall–Kier alpha value is -1.45. The average molecular weight is 249 g/mol. The molecule has 0 spiro atoms. The molecular formula is C12H9ClN2S. The second-order valence-corrected chi connectivity index (χ2v) is 3.93. The molecule has 2 aromatic rings. The standard InChI is InChI=1S/C12H9ClN2S/c13-11-10(7-4-8-14-11)12(16)15-9-5-2-1-3-6-9/h1-8H,(H,15,16). The fraction of sp³-hybridized carbons (Fsp3) is 0. The smallest absolute Gasteiger partial charge is 0.139 e. The number of rotatable bonds is 2. The molecule has 0 saturated heterocycles. The lowest BCUT2D eigenvalue weighted by molar-refractivity contribution is 1.32. The maximum absolute atomic E-state index is 5.95. The largest absolute Gasteiger partial charge is 0.346 e. The van der Waals surface area contributed by atoms with E-state index < -0.39 is 0 Å². The number of thiocarbonyl (C=S) groups is 1. The zero-order chi connectivity index (χ0) is 11.4. The fourth-order valence-corrected chi connectivity index (χ4v) is 1.83. The van der Waals surface area contributed by atoms with Gasteiger partial charge in [0.2, 0.25) is 0 Å². The molecule has 0 amide bonds. The topological polar surface area (TPSA) is 24.9 Å². The Kier molecular flexibility index (Phi) is 3.49. The molecule has 0 unspecified atom stereocenters. The summed E-state index contributed by atoms with van der Waals surface area (Å²) in [6.07, 6.45) is 1.64. The summed E-state index contributed by atoms with van der Waals surface area (Å²) < 4.78 is 0. The van der Waals surface area contributed by atoms with Gasteiger partial charge in [0.25, 0.3) is 0 Å². The number of aromatic nitrogens is 1. The molecule has 0 bridgehead atoms. The maximum atomic E-state index is 5.95. The maximum Gasteiger partial charge on any atom is 0.139 e. The van der Waals surface area contributed by atoms with Gasteiger partial charge < -0.3 is 5.32 Å². The number of para-hydroxylation sites is 1. The second-order valence-electron chi connectivity index (χ2n) is 3.16. The summed E-state index contributed by atoms with van der Waals surface area (Å²) in [4.78, 5) is 4.55. The highest BCUT2D eigenvalue weighted by atomic mass is 35.5. The molecule has 1 heterocycles. The van der Waals surface area contributed by atoms with Gasteiger partial charge in [-0.25, -0.2) is 4.98 Å². The van der Waals surface area contributed by atoms with Crippen LogP contribution in [-0.4, -0.2) is 9.97 Å². The van der Waals surface area contributed by atoms with Gasteiger partial charge in [-0.15, -0.1) is 0 Å². The summed E-state index contributed by atoms with van der Waals surface area (Å²) in [5, 5.41) is 3.52. The van der Waals surface area contributed by atoms with Crippen LogP contribution in [0.25, 0.3) is 0 Å². The van der Waals surface area contributed by atoms with E-state index in [0.29, 0.717) is 10.1 Å². The van der Waals surface area contributed by atoms with E-state index in [9.17, 15) is 0 Å². The third-order valence-corrected chi connectivity index (χ3v) is 2.66. The summed E-state index contributed by atoms with van der Waals surface area (Å²) in [5.74, 6) is 0. The number of nitrogens with zero attached hydrogens (tertiary/aromatic N) is 1. The lowest BCUT2D eigenvalue weighted by Crippen LogP contribution is -2.11. The Bertz CT molecular complexity index is 499. The van der Waals surface area contributed by atoms with Crippen molar-refractivity contribution in [1.29, 1.82) is 0 Å². The first-order valence-electron chi connectivity index (χ1n) is 4.74. The number of pyridine rings is 1. The molecule has 0 atom stereocenters. The van der Waals surface area contributed by atoms with Gasteiger partial charge in [0.1, 0.15) is 10.1 Å². The van der Waals surface area contributed by atoms with Crippen LogP contribution in [0.4, 0.5) is 5.69 Å². The molecule has 1 N–H and O–H groups in total. The van der Waals surface area contributed by atoms with Crippen LogP contribution in [0.15, 0.2) is 48.7 Å². The Morgan fingerprint density at radius 1 is 1.12 bits per heavy atom. The van der Waals surface area contributed by atoms with Gasteiger partial charge in [0.05, 0.1) is 0 Å². The molecular weight excluding hydrogens is 240 g/mol. The van der Waals surface area contributed by atoms with E-state index in [1.807, 2.05) is 36.4 Å². The van der Waals surface area contributed by atoms with Crippen LogP contribution in [0.5, 0.6) is 0 Å². The van der Waals surface area contributed by atoms with Crippen molar-refractivity contribution < 1.29 is 0 Å². The predicted octanol–water partition coefficient (Wildman–Crippen LogP) is 3.52. The third-order valence-electron chi connectivity index (χ3n) is 2.04. The van der Waals surface area contributed by atoms with Gasteiger partial charge >= 0.3 is 0 Å². The van der Waals surface area contributed by atoms with Crippen LogP contribution in [0.2, 0.25) is 5.15 Å². The molecule has 0 aliphatic carbocycles. The van der Waals surface area contributed by atoms with Crippen molar-refractivity contribution in [3.8, 4) is 0 Å². The molecule has 80 valence electrons. The highest BCUT2D eigenvalue weighted by Gasteiger charge is 2.06. The number of nitrogens with one attached hydrogen (secondary N) is 1. The number of hydrogen-bond acceptors (Lipinski definition) is 2. The first-order valence-corrected chi connectivity index (χ1v) is 5.53. The Balaban J connectivity index is 2.19. The van der Waals surface area contributed by atoms with Crippen LogP contribution >= 0.6 is 23.8 Å². The van der Waals surface area contributed by atoms with Crippen LogP contribution in [0, 0.1) is 0 Å². The lowest BCUT2D eigenvalue weighted by atomic mass is 10.2. The molecule has 0 aliphatic rings. The zero-order valence-corrected chi connectivity index (χ0v) is 9.92. The summed E-state index contributed by atoms with van der Waals surface area (Å²) in [7, 11) is 0. The molecule has 0 aliphatic heterocycles. The summed E-state index contributed by atoms with van der Waals surface area (Å²) >= 11 is 11.2. The van der Waals surface area contributed by atoms with E-state index >= 15 is 0 Å². The second kappa shape index (κ2) is 5.05. The molecule has 0 saturated carbocycles. The molecule has 2 rings (SSSR count). The van der Waals surface area contributed by atoms with E-state index in [4.69, 9.17) is 23.8 Å². The Labute approximate surface area is 104 Å². The number of benzene rings is 1. The number of halogens is 1. The molecule has 0 radical (unpaired) electrons. The quantitative estimate of drug-likeness (QED) is 0.650. The molecule has 2 nitrogen and oxygen atoms in total. The summed E-state index contributed by atoms with van der Waals surface area (Å²) in [6.45, 7) is 0. The SMILES string of the molecule is S=C(Nc1ccccc1)c1cccnc1Cl. The third kappa shape index (κ3) is 2.56. The van der Waals surface area contributed by atoms with E-state index in [1.54, 1.807) is 12.3 Å². The first-order chi connectivity index (χ1) is 7.77. The Morgan fingerprint density at radius 2 is 1.88 bits per heavy atom. The molecule has 4 heteroatoms. The minimum absolute atomic E-state index is 0.413. The van der Waals surface area contributed by atoms with Crippen LogP contribution < -0.4 is 5.32 Å². The molecule has 16 heavy (non-hydrogen) atoms. The highest BCUT2D eigenvalue weighted by molar-refractivity contribution is 7.81. The normalized spacial score (nSPS) is 9.81. The minimum Gasteiger partial charge on any atom is -0.346 e. The predicted molar refractivity (Wildman–Crippen MR) is 71.0 cm³/mol. The zero-order valence-electron chi connectivity index (χ0n) is 8.35. The molecule has 1 aromatic carbocycles. The van der Waals surface area contributed by atoms with Gasteiger partial charge in [-0.2, -0.15) is 0 Å². The van der Waals surface area contributed by atoms with Gasteiger partial charge in [-0.05, 0) is 24.3 Å². The molecule has 0 fully saturated rings. The lowest BCUT2D eigenvalue weighted by Gasteiger charge is -2.08. The minimum atomic E-state index is 0.413. The van der Waals surface area contributed by atoms with E-state index in [0.717, 1.165) is 11.3 Å². The Morgan fingerprint density at radius 3 is 2.56 bits per heavy atom. The van der Waals surface area contributed by atoms with Gasteiger partial charge in [0.15, 0.2) is 0 Å². The first kappa shape index (κ1) is 11.0. The van der Waals surface area contributed by atoms with Gasteiger partial charge in [0, 0.05) is 17.4 Å². The molecule has 1 aromatic heterocycles. The monoisotopic (exact) mass is 248 g/mol. The van der Waals surface area contributed by atoms with Gasteiger partial charge in [-0.3, -0.25) is 0 Å². The average Bonchev–Trinajstić information content (AvgIpc) is 2.31. The van der Waals surface area contributed by atoms with Crippen LogP contribution in [0.3, 0.4) is 0 Å². The van der Waals surface area contributed by atoms with Gasteiger partial charge in [-0.1, -0.05) is 42.0 Å². The van der Waals surface area contributed by atoms with Crippen molar-refractivity contribution in [2.75, 3.05) is 5.32 Å². The van der Waals surface area contributed by atoms with Crippen LogP contribution in [0.1, 0.15) is 5.56 Å². The van der Waals surface area contributed by atoms with Crippen LogP contribution in [-0.2, 0) is 0 Å².